The van der Waals surface area contributed by atoms with E-state index in [-0.39, 0.29) is 24.8 Å². The molecular weight excluding hydrogens is 243 g/mol. The molecule has 0 saturated heterocycles. The van der Waals surface area contributed by atoms with Gasteiger partial charge in [0.1, 0.15) is 6.61 Å². The van der Waals surface area contributed by atoms with Crippen molar-refractivity contribution in [3.8, 4) is 5.75 Å². The first-order valence-electron chi connectivity index (χ1n) is 4.83. The molecule has 0 fully saturated rings. The maximum absolute atomic E-state index is 13.3. The van der Waals surface area contributed by atoms with Crippen LogP contribution in [0.2, 0.25) is 0 Å². The Morgan fingerprint density at radius 2 is 2.06 bits per heavy atom. The molecule has 0 amide bonds. The number of aromatic nitrogens is 1. The molecule has 0 saturated carbocycles. The number of benzene rings is 1. The summed E-state index contributed by atoms with van der Waals surface area (Å²) in [6.45, 7) is 0.238. The minimum atomic E-state index is -0.462. The van der Waals surface area contributed by atoms with Gasteiger partial charge in [0, 0.05) is 18.0 Å². The zero-order chi connectivity index (χ0) is 11.4. The Morgan fingerprint density at radius 3 is 2.71 bits per heavy atom. The summed E-state index contributed by atoms with van der Waals surface area (Å²) in [6, 6.07) is 9.81. The number of rotatable bonds is 3. The predicted octanol–water partition coefficient (Wildman–Crippen LogP) is 2.80. The number of anilines is 1. The Hall–Kier alpha value is -1.81. The number of nitrogens with zero attached hydrogens (tertiary/aromatic N) is 1. The van der Waals surface area contributed by atoms with E-state index in [9.17, 15) is 4.39 Å². The van der Waals surface area contributed by atoms with Crippen LogP contribution in [0.1, 0.15) is 5.69 Å². The minimum Gasteiger partial charge on any atom is -0.484 e. The maximum Gasteiger partial charge on any atom is 0.167 e. The Kier molecular flexibility index (Phi) is 4.72. The zero-order valence-electron chi connectivity index (χ0n) is 8.97. The number of nitrogens with two attached hydrogens (primary N) is 1. The third-order valence-electron chi connectivity index (χ3n) is 2.06. The van der Waals surface area contributed by atoms with Gasteiger partial charge < -0.3 is 10.5 Å². The number of nitrogen functional groups attached to an aromatic ring is 1. The summed E-state index contributed by atoms with van der Waals surface area (Å²) in [5.41, 5.74) is 6.55. The molecule has 0 spiro atoms. The van der Waals surface area contributed by atoms with Crippen molar-refractivity contribution < 1.29 is 9.13 Å². The van der Waals surface area contributed by atoms with Crippen molar-refractivity contribution in [2.45, 2.75) is 6.61 Å². The van der Waals surface area contributed by atoms with Crippen molar-refractivity contribution in [2.24, 2.45) is 0 Å². The molecule has 2 N–H and O–H groups in total. The van der Waals surface area contributed by atoms with Crippen LogP contribution < -0.4 is 10.5 Å². The number of hydrogen-bond acceptors (Lipinski definition) is 3. The Morgan fingerprint density at radius 1 is 1.24 bits per heavy atom. The topological polar surface area (TPSA) is 48.1 Å². The molecule has 1 aromatic heterocycles. The average molecular weight is 255 g/mol. The molecule has 3 nitrogen and oxygen atoms in total. The SMILES string of the molecule is Cl.Nc1ccc(OCc2ccccn2)c(F)c1. The molecule has 1 aromatic carbocycles. The molecular formula is C12H12ClFN2O. The predicted molar refractivity (Wildman–Crippen MR) is 66.6 cm³/mol. The fourth-order valence-electron chi connectivity index (χ4n) is 1.27. The van der Waals surface area contributed by atoms with Gasteiger partial charge in [0.25, 0.3) is 0 Å². The van der Waals surface area contributed by atoms with E-state index in [0.717, 1.165) is 5.69 Å². The van der Waals surface area contributed by atoms with E-state index in [1.807, 2.05) is 18.2 Å². The monoisotopic (exact) mass is 254 g/mol. The lowest BCUT2D eigenvalue weighted by Crippen LogP contribution is -1.99. The van der Waals surface area contributed by atoms with Gasteiger partial charge >= 0.3 is 0 Å². The summed E-state index contributed by atoms with van der Waals surface area (Å²) in [5.74, 6) is -0.282. The third-order valence-corrected chi connectivity index (χ3v) is 2.06. The van der Waals surface area contributed by atoms with E-state index < -0.39 is 5.82 Å². The van der Waals surface area contributed by atoms with Crippen LogP contribution in [0.15, 0.2) is 42.6 Å². The fraction of sp³-hybridized carbons (Fsp3) is 0.0833. The quantitative estimate of drug-likeness (QED) is 0.857. The second-order valence-corrected chi connectivity index (χ2v) is 3.30. The van der Waals surface area contributed by atoms with Crippen molar-refractivity contribution in [1.82, 2.24) is 4.98 Å². The highest BCUT2D eigenvalue weighted by Crippen LogP contribution is 2.20. The van der Waals surface area contributed by atoms with Crippen LogP contribution in [0.3, 0.4) is 0 Å². The highest BCUT2D eigenvalue weighted by molar-refractivity contribution is 5.85. The van der Waals surface area contributed by atoms with E-state index in [1.165, 1.54) is 12.1 Å². The van der Waals surface area contributed by atoms with E-state index in [0.29, 0.717) is 5.69 Å². The molecule has 0 bridgehead atoms. The molecule has 5 heteroatoms. The number of ether oxygens (including phenoxy) is 1. The Bertz CT molecular complexity index is 479. The van der Waals surface area contributed by atoms with Crippen LogP contribution in [-0.2, 0) is 6.61 Å². The number of pyridine rings is 1. The molecule has 90 valence electrons. The first-order valence-corrected chi connectivity index (χ1v) is 4.83. The van der Waals surface area contributed by atoms with Crippen LogP contribution >= 0.6 is 12.4 Å². The third kappa shape index (κ3) is 3.60. The molecule has 17 heavy (non-hydrogen) atoms. The molecule has 0 atom stereocenters. The lowest BCUT2D eigenvalue weighted by molar-refractivity contribution is 0.286. The van der Waals surface area contributed by atoms with Gasteiger partial charge in [-0.2, -0.15) is 0 Å². The van der Waals surface area contributed by atoms with E-state index in [1.54, 1.807) is 12.3 Å². The van der Waals surface area contributed by atoms with Crippen molar-refractivity contribution in [3.63, 3.8) is 0 Å². The standard InChI is InChI=1S/C12H11FN2O.ClH/c13-11-7-9(14)4-5-12(11)16-8-10-3-1-2-6-15-10;/h1-7H,8,14H2;1H. The van der Waals surface area contributed by atoms with E-state index in [2.05, 4.69) is 4.98 Å². The van der Waals surface area contributed by atoms with Gasteiger partial charge in [0.05, 0.1) is 5.69 Å². The Balaban J connectivity index is 0.00000144. The first-order chi connectivity index (χ1) is 7.75. The van der Waals surface area contributed by atoms with Crippen molar-refractivity contribution in [3.05, 3.63) is 54.1 Å². The van der Waals surface area contributed by atoms with Crippen molar-refractivity contribution in [2.75, 3.05) is 5.73 Å². The van der Waals surface area contributed by atoms with Crippen LogP contribution in [0.25, 0.3) is 0 Å². The smallest absolute Gasteiger partial charge is 0.167 e. The van der Waals surface area contributed by atoms with Crippen molar-refractivity contribution in [1.29, 1.82) is 0 Å². The van der Waals surface area contributed by atoms with Crippen LogP contribution in [0.5, 0.6) is 5.75 Å². The van der Waals surface area contributed by atoms with E-state index >= 15 is 0 Å². The van der Waals surface area contributed by atoms with Crippen LogP contribution in [0, 0.1) is 5.82 Å². The summed E-state index contributed by atoms with van der Waals surface area (Å²) >= 11 is 0. The number of hydrogen-bond donors (Lipinski definition) is 1. The van der Waals surface area contributed by atoms with Crippen LogP contribution in [-0.4, -0.2) is 4.98 Å². The lowest BCUT2D eigenvalue weighted by Gasteiger charge is -2.06. The molecule has 2 aromatic rings. The molecule has 0 aliphatic carbocycles. The van der Waals surface area contributed by atoms with Gasteiger partial charge in [0.2, 0.25) is 0 Å². The normalized spacial score (nSPS) is 9.47. The number of halogens is 2. The van der Waals surface area contributed by atoms with Gasteiger partial charge in [-0.05, 0) is 24.3 Å². The van der Waals surface area contributed by atoms with Gasteiger partial charge in [-0.25, -0.2) is 4.39 Å². The second-order valence-electron chi connectivity index (χ2n) is 3.30. The van der Waals surface area contributed by atoms with E-state index in [4.69, 9.17) is 10.5 Å². The zero-order valence-corrected chi connectivity index (χ0v) is 9.78. The lowest BCUT2D eigenvalue weighted by atomic mass is 10.3. The molecule has 0 unspecified atom stereocenters. The summed E-state index contributed by atoms with van der Waals surface area (Å²) < 4.78 is 18.6. The Labute approximate surface area is 105 Å². The summed E-state index contributed by atoms with van der Waals surface area (Å²) in [4.78, 5) is 4.07. The fourth-order valence-corrected chi connectivity index (χ4v) is 1.27. The van der Waals surface area contributed by atoms with Gasteiger partial charge in [0.15, 0.2) is 11.6 Å². The largest absolute Gasteiger partial charge is 0.484 e. The molecule has 0 aliphatic rings. The summed E-state index contributed by atoms with van der Waals surface area (Å²) in [7, 11) is 0. The molecule has 0 aliphatic heterocycles. The van der Waals surface area contributed by atoms with Gasteiger partial charge in [-0.3, -0.25) is 4.98 Å². The average Bonchev–Trinajstić information content (AvgIpc) is 2.29. The minimum absolute atomic E-state index is 0. The second kappa shape index (κ2) is 6.06. The maximum atomic E-state index is 13.3. The highest BCUT2D eigenvalue weighted by Gasteiger charge is 2.03. The van der Waals surface area contributed by atoms with Gasteiger partial charge in [-0.15, -0.1) is 12.4 Å². The van der Waals surface area contributed by atoms with Crippen molar-refractivity contribution >= 4 is 18.1 Å². The molecule has 1 heterocycles. The highest BCUT2D eigenvalue weighted by atomic mass is 35.5. The van der Waals surface area contributed by atoms with Gasteiger partial charge in [-0.1, -0.05) is 6.07 Å². The summed E-state index contributed by atoms with van der Waals surface area (Å²) in [6.07, 6.45) is 1.66. The molecule has 2 rings (SSSR count). The van der Waals surface area contributed by atoms with Crippen LogP contribution in [0.4, 0.5) is 10.1 Å². The molecule has 0 radical (unpaired) electrons. The first kappa shape index (κ1) is 13.3. The summed E-state index contributed by atoms with van der Waals surface area (Å²) in [5, 5.41) is 0.